The summed E-state index contributed by atoms with van der Waals surface area (Å²) in [5, 5.41) is 0. The van der Waals surface area contributed by atoms with Gasteiger partial charge in [0.1, 0.15) is 5.75 Å². The fourth-order valence-corrected chi connectivity index (χ4v) is 1.84. The summed E-state index contributed by atoms with van der Waals surface area (Å²) < 4.78 is 84.9. The number of halogens is 6. The van der Waals surface area contributed by atoms with Crippen molar-refractivity contribution in [3.8, 4) is 5.75 Å². The van der Waals surface area contributed by atoms with Crippen molar-refractivity contribution in [3.05, 3.63) is 60.2 Å². The normalized spacial score (nSPS) is 15.0. The number of hydrogen-bond donors (Lipinski definition) is 1. The second-order valence-electron chi connectivity index (χ2n) is 4.70. The number of alkyl halides is 6. The Morgan fingerprint density at radius 1 is 0.739 bits per heavy atom. The van der Waals surface area contributed by atoms with Crippen LogP contribution in [0.1, 0.15) is 5.56 Å². The summed E-state index contributed by atoms with van der Waals surface area (Å²) in [6.07, 6.45) is -6.15. The van der Waals surface area contributed by atoms with Crippen LogP contribution in [0.3, 0.4) is 0 Å². The maximum atomic E-state index is 14.9. The molecule has 1 unspecified atom stereocenters. The van der Waals surface area contributed by atoms with Gasteiger partial charge in [0.05, 0.1) is 0 Å². The van der Waals surface area contributed by atoms with E-state index in [1.807, 2.05) is 0 Å². The summed E-state index contributed by atoms with van der Waals surface area (Å²) in [5.41, 5.74) is 4.63. The molecule has 0 amide bonds. The Bertz CT molecular complexity index is 656. The Kier molecular flexibility index (Phi) is 4.19. The monoisotopic (exact) mass is 335 g/mol. The van der Waals surface area contributed by atoms with Crippen molar-refractivity contribution < 1.29 is 31.1 Å². The van der Waals surface area contributed by atoms with Gasteiger partial charge in [-0.25, -0.2) is 0 Å². The number of nitrogens with two attached hydrogens (primary N) is 1. The Balaban J connectivity index is 2.54. The van der Waals surface area contributed by atoms with E-state index in [4.69, 9.17) is 5.73 Å². The van der Waals surface area contributed by atoms with E-state index >= 15 is 0 Å². The van der Waals surface area contributed by atoms with Crippen molar-refractivity contribution >= 4 is 5.69 Å². The van der Waals surface area contributed by atoms with Gasteiger partial charge in [0.25, 0.3) is 0 Å². The van der Waals surface area contributed by atoms with Crippen molar-refractivity contribution in [2.45, 2.75) is 18.0 Å². The van der Waals surface area contributed by atoms with Crippen LogP contribution in [0.2, 0.25) is 0 Å². The largest absolute Gasteiger partial charge is 0.461 e. The molecule has 8 heteroatoms. The SMILES string of the molecule is Nc1ccc(OC(F)(c2ccccc2)C(F)(F)C(F)(F)F)cc1. The maximum absolute atomic E-state index is 14.9. The van der Waals surface area contributed by atoms with E-state index < -0.39 is 29.3 Å². The number of nitrogen functional groups attached to an aromatic ring is 1. The van der Waals surface area contributed by atoms with Gasteiger partial charge >= 0.3 is 18.0 Å². The van der Waals surface area contributed by atoms with Gasteiger partial charge in [-0.3, -0.25) is 0 Å². The molecule has 2 nitrogen and oxygen atoms in total. The van der Waals surface area contributed by atoms with Crippen LogP contribution < -0.4 is 10.5 Å². The zero-order valence-electron chi connectivity index (χ0n) is 11.4. The Hall–Kier alpha value is -2.38. The maximum Gasteiger partial charge on any atom is 0.461 e. The van der Waals surface area contributed by atoms with Gasteiger partial charge in [-0.15, -0.1) is 0 Å². The number of rotatable bonds is 4. The first kappa shape index (κ1) is 17.0. The quantitative estimate of drug-likeness (QED) is 0.651. The highest BCUT2D eigenvalue weighted by molar-refractivity contribution is 5.42. The molecule has 0 aliphatic carbocycles. The van der Waals surface area contributed by atoms with Gasteiger partial charge in [-0.1, -0.05) is 30.3 Å². The van der Waals surface area contributed by atoms with E-state index in [-0.39, 0.29) is 5.69 Å². The molecule has 0 radical (unpaired) electrons. The molecular weight excluding hydrogens is 324 g/mol. The van der Waals surface area contributed by atoms with Crippen LogP contribution in [0.4, 0.5) is 32.0 Å². The minimum absolute atomic E-state index is 0.212. The molecule has 0 fully saturated rings. The van der Waals surface area contributed by atoms with Crippen molar-refractivity contribution in [2.24, 2.45) is 0 Å². The first-order valence-electron chi connectivity index (χ1n) is 6.31. The van der Waals surface area contributed by atoms with Crippen LogP contribution in [0.5, 0.6) is 5.75 Å². The number of benzene rings is 2. The molecular formula is C15H11F6NO. The van der Waals surface area contributed by atoms with Crippen LogP contribution in [0.25, 0.3) is 0 Å². The van der Waals surface area contributed by atoms with Crippen LogP contribution in [-0.4, -0.2) is 12.1 Å². The molecule has 0 spiro atoms. The molecule has 23 heavy (non-hydrogen) atoms. The summed E-state index contributed by atoms with van der Waals surface area (Å²) in [4.78, 5) is 0. The molecule has 0 saturated carbocycles. The third kappa shape index (κ3) is 3.06. The Morgan fingerprint density at radius 2 is 1.26 bits per heavy atom. The summed E-state index contributed by atoms with van der Waals surface area (Å²) in [7, 11) is 0. The van der Waals surface area contributed by atoms with Gasteiger partial charge in [-0.05, 0) is 24.3 Å². The number of ether oxygens (including phenoxy) is 1. The first-order valence-corrected chi connectivity index (χ1v) is 6.31. The second-order valence-corrected chi connectivity index (χ2v) is 4.70. The first-order chi connectivity index (χ1) is 10.6. The van der Waals surface area contributed by atoms with Gasteiger partial charge < -0.3 is 10.5 Å². The summed E-state index contributed by atoms with van der Waals surface area (Å²) in [6.45, 7) is 0. The van der Waals surface area contributed by atoms with E-state index in [0.29, 0.717) is 0 Å². The lowest BCUT2D eigenvalue weighted by molar-refractivity contribution is -0.371. The standard InChI is InChI=1S/C15H11F6NO/c16-13(10-4-2-1-3-5-10,14(17,18)15(19,20)21)23-12-8-6-11(22)7-9-12/h1-9H,22H2. The third-order valence-electron chi connectivity index (χ3n) is 3.04. The molecule has 0 heterocycles. The summed E-state index contributed by atoms with van der Waals surface area (Å²) in [5.74, 6) is -10.7. The highest BCUT2D eigenvalue weighted by Crippen LogP contribution is 2.51. The lowest BCUT2D eigenvalue weighted by Gasteiger charge is -2.34. The molecule has 0 aliphatic rings. The molecule has 1 atom stereocenters. The fraction of sp³-hybridized carbons (Fsp3) is 0.200. The average molecular weight is 335 g/mol. The zero-order valence-corrected chi connectivity index (χ0v) is 11.4. The van der Waals surface area contributed by atoms with Crippen molar-refractivity contribution in [1.82, 2.24) is 0 Å². The smallest absolute Gasteiger partial charge is 0.449 e. The molecule has 0 saturated heterocycles. The van der Waals surface area contributed by atoms with E-state index in [1.54, 1.807) is 0 Å². The van der Waals surface area contributed by atoms with Crippen molar-refractivity contribution in [1.29, 1.82) is 0 Å². The zero-order chi connectivity index (χ0) is 17.3. The topological polar surface area (TPSA) is 35.2 Å². The molecule has 2 aromatic rings. The predicted octanol–water partition coefficient (Wildman–Crippen LogP) is 4.67. The van der Waals surface area contributed by atoms with E-state index in [2.05, 4.69) is 4.74 Å². The van der Waals surface area contributed by atoms with E-state index in [0.717, 1.165) is 36.4 Å². The number of anilines is 1. The van der Waals surface area contributed by atoms with Gasteiger partial charge in [0.2, 0.25) is 0 Å². The molecule has 0 bridgehead atoms. The summed E-state index contributed by atoms with van der Waals surface area (Å²) in [6, 6.07) is 9.55. The predicted molar refractivity (Wildman–Crippen MR) is 71.7 cm³/mol. The molecule has 124 valence electrons. The molecule has 2 aromatic carbocycles. The number of hydrogen-bond acceptors (Lipinski definition) is 2. The van der Waals surface area contributed by atoms with Crippen molar-refractivity contribution in [2.75, 3.05) is 5.73 Å². The molecule has 0 aromatic heterocycles. The summed E-state index contributed by atoms with van der Waals surface area (Å²) >= 11 is 0. The molecule has 2 rings (SSSR count). The fourth-order valence-electron chi connectivity index (χ4n) is 1.84. The van der Waals surface area contributed by atoms with Gasteiger partial charge in [0, 0.05) is 11.3 Å². The van der Waals surface area contributed by atoms with Crippen molar-refractivity contribution in [3.63, 3.8) is 0 Å². The van der Waals surface area contributed by atoms with Crippen LogP contribution in [-0.2, 0) is 5.85 Å². The molecule has 0 aliphatic heterocycles. The second kappa shape index (κ2) is 5.68. The third-order valence-corrected chi connectivity index (χ3v) is 3.04. The minimum atomic E-state index is -6.15. The van der Waals surface area contributed by atoms with Gasteiger partial charge in [0.15, 0.2) is 0 Å². The molecule has 2 N–H and O–H groups in total. The average Bonchev–Trinajstić information content (AvgIpc) is 2.49. The van der Waals surface area contributed by atoms with E-state index in [9.17, 15) is 26.3 Å². The van der Waals surface area contributed by atoms with Gasteiger partial charge in [-0.2, -0.15) is 26.3 Å². The highest BCUT2D eigenvalue weighted by Gasteiger charge is 2.74. The van der Waals surface area contributed by atoms with Crippen LogP contribution in [0.15, 0.2) is 54.6 Å². The Labute approximate surface area is 127 Å². The lowest BCUT2D eigenvalue weighted by atomic mass is 10.00. The van der Waals surface area contributed by atoms with Crippen LogP contribution in [0, 0.1) is 0 Å². The Morgan fingerprint density at radius 3 is 1.74 bits per heavy atom. The highest BCUT2D eigenvalue weighted by atomic mass is 19.4. The van der Waals surface area contributed by atoms with Crippen LogP contribution >= 0.6 is 0 Å². The lowest BCUT2D eigenvalue weighted by Crippen LogP contribution is -2.55. The van der Waals surface area contributed by atoms with E-state index in [1.165, 1.54) is 18.2 Å². The minimum Gasteiger partial charge on any atom is -0.449 e.